The zero-order valence-electron chi connectivity index (χ0n) is 22.1. The van der Waals surface area contributed by atoms with Crippen LogP contribution >= 0.6 is 46.1 Å². The number of carbonyl (C=O) groups excluding carboxylic acids is 1. The van der Waals surface area contributed by atoms with Gasteiger partial charge in [0.15, 0.2) is 10.6 Å². The van der Waals surface area contributed by atoms with Crippen LogP contribution in [-0.4, -0.2) is 24.8 Å². The van der Waals surface area contributed by atoms with Crippen LogP contribution in [-0.2, 0) is 16.1 Å². The van der Waals surface area contributed by atoms with Crippen molar-refractivity contribution in [1.29, 1.82) is 0 Å². The minimum absolute atomic E-state index is 0.100. The molecule has 2 heterocycles. The Morgan fingerprint density at radius 2 is 1.76 bits per heavy atom. The highest BCUT2D eigenvalue weighted by molar-refractivity contribution is 7.07. The van der Waals surface area contributed by atoms with Crippen LogP contribution in [0.2, 0.25) is 15.1 Å². The van der Waals surface area contributed by atoms with Crippen LogP contribution in [0.5, 0.6) is 11.5 Å². The van der Waals surface area contributed by atoms with E-state index < -0.39 is 12.0 Å². The van der Waals surface area contributed by atoms with Crippen LogP contribution in [0.1, 0.15) is 29.7 Å². The number of halogens is 3. The van der Waals surface area contributed by atoms with Gasteiger partial charge in [-0.05, 0) is 48.4 Å². The molecule has 210 valence electrons. The van der Waals surface area contributed by atoms with E-state index in [4.69, 9.17) is 49.0 Å². The number of fused-ring (bicyclic) bond motifs is 1. The monoisotopic (exact) mass is 628 g/mol. The highest BCUT2D eigenvalue weighted by atomic mass is 35.5. The number of aromatic nitrogens is 1. The van der Waals surface area contributed by atoms with Gasteiger partial charge >= 0.3 is 5.97 Å². The fourth-order valence-electron chi connectivity index (χ4n) is 4.61. The summed E-state index contributed by atoms with van der Waals surface area (Å²) in [5.74, 6) is 0.360. The van der Waals surface area contributed by atoms with Gasteiger partial charge in [0.1, 0.15) is 12.4 Å². The quantitative estimate of drug-likeness (QED) is 0.236. The summed E-state index contributed by atoms with van der Waals surface area (Å²) in [7, 11) is 2.87. The number of hydrogen-bond donors (Lipinski definition) is 0. The van der Waals surface area contributed by atoms with Crippen molar-refractivity contribution in [2.45, 2.75) is 19.6 Å². The topological polar surface area (TPSA) is 79.1 Å². The first-order valence-electron chi connectivity index (χ1n) is 12.3. The third kappa shape index (κ3) is 5.78. The number of nitrogens with zero attached hydrogens (tertiary/aromatic N) is 2. The Kier molecular flexibility index (Phi) is 8.56. The van der Waals surface area contributed by atoms with Crippen LogP contribution in [0.15, 0.2) is 81.7 Å². The second-order valence-corrected chi connectivity index (χ2v) is 11.3. The van der Waals surface area contributed by atoms with Gasteiger partial charge in [0.25, 0.3) is 5.56 Å². The lowest BCUT2D eigenvalue weighted by molar-refractivity contribution is -0.136. The number of rotatable bonds is 7. The van der Waals surface area contributed by atoms with Gasteiger partial charge in [-0.1, -0.05) is 82.5 Å². The molecular formula is C30H23Cl3N2O5S. The van der Waals surface area contributed by atoms with E-state index in [1.165, 1.54) is 18.4 Å². The smallest absolute Gasteiger partial charge is 0.338 e. The summed E-state index contributed by atoms with van der Waals surface area (Å²) in [5, 5.41) is 0.971. The third-order valence-corrected chi connectivity index (χ3v) is 8.24. The van der Waals surface area contributed by atoms with Crippen LogP contribution < -0.4 is 24.4 Å². The average molecular weight is 630 g/mol. The molecule has 0 aliphatic carbocycles. The highest BCUT2D eigenvalue weighted by Gasteiger charge is 2.32. The summed E-state index contributed by atoms with van der Waals surface area (Å²) >= 11 is 19.8. The number of thiazole rings is 1. The molecule has 5 rings (SSSR count). The van der Waals surface area contributed by atoms with Gasteiger partial charge in [0, 0.05) is 10.6 Å². The van der Waals surface area contributed by atoms with E-state index in [-0.39, 0.29) is 22.2 Å². The lowest BCUT2D eigenvalue weighted by Gasteiger charge is -2.24. The van der Waals surface area contributed by atoms with E-state index >= 15 is 0 Å². The number of ether oxygens (including phenoxy) is 3. The van der Waals surface area contributed by atoms with E-state index in [9.17, 15) is 9.59 Å². The van der Waals surface area contributed by atoms with Crippen molar-refractivity contribution in [2.75, 3.05) is 14.2 Å². The van der Waals surface area contributed by atoms with Crippen LogP contribution in [0.4, 0.5) is 0 Å². The number of benzene rings is 3. The van der Waals surface area contributed by atoms with E-state index in [2.05, 4.69) is 4.99 Å². The van der Waals surface area contributed by atoms with Crippen LogP contribution in [0.3, 0.4) is 0 Å². The second kappa shape index (κ2) is 12.1. The van der Waals surface area contributed by atoms with E-state index in [0.717, 1.165) is 11.1 Å². The molecule has 1 unspecified atom stereocenters. The molecule has 0 fully saturated rings. The maximum Gasteiger partial charge on any atom is 0.338 e. The highest BCUT2D eigenvalue weighted by Crippen LogP contribution is 2.37. The molecule has 0 saturated carbocycles. The summed E-state index contributed by atoms with van der Waals surface area (Å²) < 4.78 is 18.5. The molecule has 1 atom stereocenters. The standard InChI is InChI=1S/C30H23Cl3N2O5S/c1-16-25(29(37)39-3)26(18-7-5-4-6-8-18)35-28(36)24(41-30(35)34-16)12-17-9-10-23(38-2)19(11-17)15-40-27-21(32)13-20(31)14-22(27)33/h4-14,26H,15H2,1-3H3/b24-12+. The Labute approximate surface area is 254 Å². The van der Waals surface area contributed by atoms with E-state index in [0.29, 0.717) is 42.7 Å². The average Bonchev–Trinajstić information content (AvgIpc) is 3.25. The summed E-state index contributed by atoms with van der Waals surface area (Å²) in [6.07, 6.45) is 1.77. The molecule has 0 spiro atoms. The minimum atomic E-state index is -0.671. The van der Waals surface area contributed by atoms with Gasteiger partial charge in [-0.25, -0.2) is 9.79 Å². The maximum atomic E-state index is 13.8. The molecule has 11 heteroatoms. The van der Waals surface area contributed by atoms with Crippen molar-refractivity contribution < 1.29 is 19.0 Å². The Bertz CT molecular complexity index is 1840. The molecule has 1 aliphatic rings. The number of hydrogen-bond acceptors (Lipinski definition) is 7. The number of allylic oxidation sites excluding steroid dienone is 1. The van der Waals surface area contributed by atoms with Gasteiger partial charge in [0.2, 0.25) is 0 Å². The van der Waals surface area contributed by atoms with Gasteiger partial charge in [-0.3, -0.25) is 9.36 Å². The third-order valence-electron chi connectivity index (χ3n) is 6.48. The molecule has 0 amide bonds. The summed E-state index contributed by atoms with van der Waals surface area (Å²) in [5.41, 5.74) is 2.77. The number of esters is 1. The van der Waals surface area contributed by atoms with Crippen molar-refractivity contribution in [3.63, 3.8) is 0 Å². The fourth-order valence-corrected chi connectivity index (χ4v) is 6.59. The van der Waals surface area contributed by atoms with Crippen LogP contribution in [0.25, 0.3) is 6.08 Å². The Morgan fingerprint density at radius 3 is 2.41 bits per heavy atom. The van der Waals surface area contributed by atoms with Gasteiger partial charge in [-0.2, -0.15) is 0 Å². The van der Waals surface area contributed by atoms with Crippen molar-refractivity contribution in [3.05, 3.63) is 123 Å². The van der Waals surface area contributed by atoms with Crippen molar-refractivity contribution >= 4 is 58.2 Å². The van der Waals surface area contributed by atoms with Crippen molar-refractivity contribution in [1.82, 2.24) is 4.57 Å². The normalized spacial score (nSPS) is 14.9. The molecule has 0 radical (unpaired) electrons. The van der Waals surface area contributed by atoms with Crippen molar-refractivity contribution in [2.24, 2.45) is 4.99 Å². The summed E-state index contributed by atoms with van der Waals surface area (Å²) in [6.45, 7) is 1.84. The SMILES string of the molecule is COC(=O)C1=C(C)N=c2s/c(=C/c3ccc(OC)c(COc4c(Cl)cc(Cl)cc4Cl)c3)c(=O)n2C1c1ccccc1. The molecule has 3 aromatic carbocycles. The number of carbonyl (C=O) groups is 1. The molecule has 1 aliphatic heterocycles. The largest absolute Gasteiger partial charge is 0.496 e. The molecule has 0 N–H and O–H groups in total. The van der Waals surface area contributed by atoms with Gasteiger partial charge in [-0.15, -0.1) is 0 Å². The molecule has 0 saturated heterocycles. The summed E-state index contributed by atoms with van der Waals surface area (Å²) in [6, 6.07) is 17.3. The van der Waals surface area contributed by atoms with E-state index in [1.54, 1.807) is 42.9 Å². The Balaban J connectivity index is 1.57. The molecular weight excluding hydrogens is 607 g/mol. The molecule has 1 aromatic heterocycles. The zero-order valence-corrected chi connectivity index (χ0v) is 25.2. The van der Waals surface area contributed by atoms with Crippen molar-refractivity contribution in [3.8, 4) is 11.5 Å². The van der Waals surface area contributed by atoms with Gasteiger partial charge < -0.3 is 14.2 Å². The fraction of sp³-hybridized carbons (Fsp3) is 0.167. The molecule has 41 heavy (non-hydrogen) atoms. The molecule has 7 nitrogen and oxygen atoms in total. The lowest BCUT2D eigenvalue weighted by atomic mass is 9.96. The minimum Gasteiger partial charge on any atom is -0.496 e. The van der Waals surface area contributed by atoms with Crippen LogP contribution in [0, 0.1) is 0 Å². The Hall–Kier alpha value is -3.56. The first-order chi connectivity index (χ1) is 19.7. The zero-order chi connectivity index (χ0) is 29.3. The summed E-state index contributed by atoms with van der Waals surface area (Å²) in [4.78, 5) is 31.7. The first kappa shape index (κ1) is 29.0. The maximum absolute atomic E-state index is 13.8. The molecule has 0 bridgehead atoms. The lowest BCUT2D eigenvalue weighted by Crippen LogP contribution is -2.39. The first-order valence-corrected chi connectivity index (χ1v) is 14.3. The number of methoxy groups -OCH3 is 2. The predicted octanol–water partition coefficient (Wildman–Crippen LogP) is 5.96. The second-order valence-electron chi connectivity index (χ2n) is 9.04. The van der Waals surface area contributed by atoms with E-state index in [1.807, 2.05) is 42.5 Å². The molecule has 4 aromatic rings. The van der Waals surface area contributed by atoms with Gasteiger partial charge in [0.05, 0.1) is 46.1 Å². The predicted molar refractivity (Wildman–Crippen MR) is 161 cm³/mol. The Morgan fingerprint density at radius 1 is 1.05 bits per heavy atom.